The maximum atomic E-state index is 12.5. The summed E-state index contributed by atoms with van der Waals surface area (Å²) in [7, 11) is 0. The predicted octanol–water partition coefficient (Wildman–Crippen LogP) is 2.92. The molecule has 1 aliphatic rings. The number of carbonyl (C=O) groups is 1. The number of hydrogen-bond acceptors (Lipinski definition) is 3. The molecule has 1 unspecified atom stereocenters. The van der Waals surface area contributed by atoms with Gasteiger partial charge in [0.2, 0.25) is 10.7 Å². The van der Waals surface area contributed by atoms with E-state index in [9.17, 15) is 9.35 Å². The van der Waals surface area contributed by atoms with Crippen molar-refractivity contribution in [3.63, 3.8) is 0 Å². The fourth-order valence-electron chi connectivity index (χ4n) is 2.16. The van der Waals surface area contributed by atoms with Crippen molar-refractivity contribution in [2.24, 2.45) is 5.73 Å². The quantitative estimate of drug-likeness (QED) is 0.459. The van der Waals surface area contributed by atoms with E-state index in [0.717, 1.165) is 9.13 Å². The Morgan fingerprint density at radius 2 is 1.75 bits per heavy atom. The second-order valence-corrected chi connectivity index (χ2v) is 6.86. The maximum absolute atomic E-state index is 12.5. The molecule has 0 spiro atoms. The van der Waals surface area contributed by atoms with E-state index >= 15 is 0 Å². The average Bonchev–Trinajstić information content (AvgIpc) is 2.71. The molecule has 0 bridgehead atoms. The molecular formula is C15H10INO2S. The van der Waals surface area contributed by atoms with Crippen molar-refractivity contribution in [1.82, 2.24) is 0 Å². The van der Waals surface area contributed by atoms with Crippen molar-refractivity contribution in [3.8, 4) is 0 Å². The van der Waals surface area contributed by atoms with Crippen molar-refractivity contribution >= 4 is 45.2 Å². The van der Waals surface area contributed by atoms with E-state index in [4.69, 9.17) is 5.73 Å². The third kappa shape index (κ3) is 2.06. The summed E-state index contributed by atoms with van der Waals surface area (Å²) in [5.41, 5.74) is 7.65. The summed E-state index contributed by atoms with van der Waals surface area (Å²) >= 11 is 0.649. The van der Waals surface area contributed by atoms with Gasteiger partial charge < -0.3 is 10.3 Å². The molecular weight excluding hydrogens is 385 g/mol. The highest BCUT2D eigenvalue weighted by Gasteiger charge is 2.41. The first-order valence-electron chi connectivity index (χ1n) is 5.91. The number of fused-ring (bicyclic) bond motifs is 1. The van der Waals surface area contributed by atoms with Gasteiger partial charge >= 0.3 is 0 Å². The van der Waals surface area contributed by atoms with E-state index in [2.05, 4.69) is 22.6 Å². The molecule has 0 aromatic heterocycles. The lowest BCUT2D eigenvalue weighted by atomic mass is 10.1. The first kappa shape index (κ1) is 13.7. The van der Waals surface area contributed by atoms with Gasteiger partial charge in [0.1, 0.15) is 5.70 Å². The molecule has 1 aliphatic heterocycles. The number of halogens is 1. The Morgan fingerprint density at radius 3 is 2.45 bits per heavy atom. The fourth-order valence-corrected chi connectivity index (χ4v) is 4.21. The van der Waals surface area contributed by atoms with Crippen molar-refractivity contribution in [3.05, 3.63) is 68.1 Å². The highest BCUT2D eigenvalue weighted by molar-refractivity contribution is 14.1. The number of hydrogen-bond donors (Lipinski definition) is 1. The van der Waals surface area contributed by atoms with Gasteiger partial charge in [0.05, 0.1) is 5.56 Å². The molecule has 5 heteroatoms. The van der Waals surface area contributed by atoms with E-state index in [0.29, 0.717) is 16.2 Å². The minimum atomic E-state index is -1.50. The summed E-state index contributed by atoms with van der Waals surface area (Å²) in [5, 5.41) is 0. The van der Waals surface area contributed by atoms with Gasteiger partial charge in [-0.15, -0.1) is 0 Å². The summed E-state index contributed by atoms with van der Waals surface area (Å²) in [6.45, 7) is 0. The van der Waals surface area contributed by atoms with Crippen LogP contribution in [0, 0.1) is 3.57 Å². The third-order valence-electron chi connectivity index (χ3n) is 3.13. The molecule has 0 saturated heterocycles. The van der Waals surface area contributed by atoms with Crippen LogP contribution in [0.1, 0.15) is 15.9 Å². The minimum Gasteiger partial charge on any atom is -0.606 e. The van der Waals surface area contributed by atoms with Gasteiger partial charge in [0.15, 0.2) is 4.90 Å². The molecule has 3 nitrogen and oxygen atoms in total. The number of Topliss-reactive ketones (excluding diaryl/α,β-unsaturated/α-hetero) is 1. The molecule has 0 aliphatic carbocycles. The Morgan fingerprint density at radius 1 is 1.10 bits per heavy atom. The zero-order valence-electron chi connectivity index (χ0n) is 10.3. The molecule has 0 radical (unpaired) electrons. The van der Waals surface area contributed by atoms with E-state index in [1.807, 2.05) is 24.3 Å². The molecule has 0 fully saturated rings. The van der Waals surface area contributed by atoms with Crippen molar-refractivity contribution < 1.29 is 9.35 Å². The zero-order chi connectivity index (χ0) is 14.3. The first-order chi connectivity index (χ1) is 9.61. The van der Waals surface area contributed by atoms with Crippen LogP contribution in [-0.2, 0) is 11.2 Å². The second kappa shape index (κ2) is 5.23. The number of benzene rings is 2. The first-order valence-corrected chi connectivity index (χ1v) is 8.14. The van der Waals surface area contributed by atoms with E-state index in [-0.39, 0.29) is 10.7 Å². The normalized spacial score (nSPS) is 19.9. The summed E-state index contributed by atoms with van der Waals surface area (Å²) in [6.07, 6.45) is 0. The average molecular weight is 395 g/mol. The standard InChI is InChI=1S/C15H10INO2S/c16-11-7-3-1-5-9(11)13(17)15-14(18)10-6-2-4-8-12(10)20(15)19/h1-8H,17H2/b15-13+. The van der Waals surface area contributed by atoms with Crippen LogP contribution >= 0.6 is 22.6 Å². The van der Waals surface area contributed by atoms with Crippen molar-refractivity contribution in [1.29, 1.82) is 0 Å². The summed E-state index contributed by atoms with van der Waals surface area (Å²) < 4.78 is 13.4. The van der Waals surface area contributed by atoms with Gasteiger partial charge in [-0.1, -0.05) is 30.3 Å². The largest absolute Gasteiger partial charge is 0.606 e. The van der Waals surface area contributed by atoms with Crippen LogP contribution in [0.15, 0.2) is 58.3 Å². The summed E-state index contributed by atoms with van der Waals surface area (Å²) in [4.78, 5) is 13.1. The Bertz CT molecular complexity index is 742. The van der Waals surface area contributed by atoms with E-state index in [1.54, 1.807) is 24.3 Å². The summed E-state index contributed by atoms with van der Waals surface area (Å²) in [5.74, 6) is -0.240. The molecule has 1 heterocycles. The molecule has 0 saturated carbocycles. The molecule has 100 valence electrons. The van der Waals surface area contributed by atoms with Crippen molar-refractivity contribution in [2.45, 2.75) is 4.90 Å². The molecule has 0 amide bonds. The maximum Gasteiger partial charge on any atom is 0.248 e. The van der Waals surface area contributed by atoms with Gasteiger partial charge in [0.25, 0.3) is 0 Å². The second-order valence-electron chi connectivity index (χ2n) is 4.32. The molecule has 2 N–H and O–H groups in total. The zero-order valence-corrected chi connectivity index (χ0v) is 13.3. The van der Waals surface area contributed by atoms with Crippen LogP contribution in [0.5, 0.6) is 0 Å². The van der Waals surface area contributed by atoms with E-state index < -0.39 is 11.2 Å². The Kier molecular flexibility index (Phi) is 3.57. The molecule has 3 rings (SSSR count). The number of nitrogens with two attached hydrogens (primary N) is 1. The SMILES string of the molecule is N/C(=C1\C(=O)c2ccccc2[S+]1[O-])c1ccccc1I. The van der Waals surface area contributed by atoms with Crippen LogP contribution in [0.3, 0.4) is 0 Å². The third-order valence-corrected chi connectivity index (χ3v) is 5.60. The number of ketones is 1. The summed E-state index contributed by atoms with van der Waals surface area (Å²) in [6, 6.07) is 14.4. The fraction of sp³-hybridized carbons (Fsp3) is 0. The van der Waals surface area contributed by atoms with Crippen LogP contribution in [0.4, 0.5) is 0 Å². The Hall–Kier alpha value is -1.31. The minimum absolute atomic E-state index is 0.190. The van der Waals surface area contributed by atoms with Gasteiger partial charge in [0, 0.05) is 20.3 Å². The number of carbonyl (C=O) groups excluding carboxylic acids is 1. The Balaban J connectivity index is 2.19. The Labute approximate surface area is 133 Å². The lowest BCUT2D eigenvalue weighted by molar-refractivity contribution is 0.104. The number of allylic oxidation sites excluding steroid dienone is 1. The smallest absolute Gasteiger partial charge is 0.248 e. The topological polar surface area (TPSA) is 66.2 Å². The van der Waals surface area contributed by atoms with Crippen LogP contribution in [0.2, 0.25) is 0 Å². The molecule has 2 aromatic carbocycles. The van der Waals surface area contributed by atoms with E-state index in [1.165, 1.54) is 0 Å². The highest BCUT2D eigenvalue weighted by Crippen LogP contribution is 2.37. The number of rotatable bonds is 1. The van der Waals surface area contributed by atoms with Crippen molar-refractivity contribution in [2.75, 3.05) is 0 Å². The van der Waals surface area contributed by atoms with Gasteiger partial charge in [-0.05, 0) is 40.8 Å². The predicted molar refractivity (Wildman–Crippen MR) is 87.4 cm³/mol. The van der Waals surface area contributed by atoms with Gasteiger partial charge in [-0.3, -0.25) is 4.79 Å². The van der Waals surface area contributed by atoms with Crippen LogP contribution < -0.4 is 5.73 Å². The molecule has 1 atom stereocenters. The lowest BCUT2D eigenvalue weighted by Gasteiger charge is -2.09. The monoisotopic (exact) mass is 395 g/mol. The highest BCUT2D eigenvalue weighted by atomic mass is 127. The van der Waals surface area contributed by atoms with Gasteiger partial charge in [-0.2, -0.15) is 0 Å². The molecule has 2 aromatic rings. The van der Waals surface area contributed by atoms with Crippen LogP contribution in [0.25, 0.3) is 5.70 Å². The lowest BCUT2D eigenvalue weighted by Crippen LogP contribution is -2.12. The molecule has 20 heavy (non-hydrogen) atoms. The van der Waals surface area contributed by atoms with Gasteiger partial charge in [-0.25, -0.2) is 0 Å². The van der Waals surface area contributed by atoms with Crippen LogP contribution in [-0.4, -0.2) is 10.3 Å².